The highest BCUT2D eigenvalue weighted by Gasteiger charge is 2.48. The number of rotatable bonds is 6. The van der Waals surface area contributed by atoms with Crippen molar-refractivity contribution in [3.63, 3.8) is 0 Å². The van der Waals surface area contributed by atoms with Gasteiger partial charge in [-0.2, -0.15) is 0 Å². The maximum absolute atomic E-state index is 13.2. The van der Waals surface area contributed by atoms with Crippen LogP contribution >= 0.6 is 0 Å². The Morgan fingerprint density at radius 1 is 1.23 bits per heavy atom. The molecule has 1 heterocycles. The molecule has 1 amide bonds. The first-order valence-corrected chi connectivity index (χ1v) is 10.2. The normalized spacial score (nSPS) is 22.2. The van der Waals surface area contributed by atoms with E-state index >= 15 is 0 Å². The van der Waals surface area contributed by atoms with Crippen molar-refractivity contribution < 1.29 is 9.53 Å². The van der Waals surface area contributed by atoms with E-state index in [2.05, 4.69) is 35.9 Å². The molecule has 1 aliphatic carbocycles. The van der Waals surface area contributed by atoms with Crippen LogP contribution in [0, 0.1) is 0 Å². The largest absolute Gasteiger partial charge is 0.497 e. The van der Waals surface area contributed by atoms with Crippen molar-refractivity contribution in [2.24, 2.45) is 0 Å². The summed E-state index contributed by atoms with van der Waals surface area (Å²) in [5.41, 5.74) is 1.34. The highest BCUT2D eigenvalue weighted by Crippen LogP contribution is 2.43. The van der Waals surface area contributed by atoms with E-state index in [4.69, 9.17) is 4.74 Å². The molecule has 1 aromatic rings. The Kier molecular flexibility index (Phi) is 6.23. The third kappa shape index (κ3) is 4.06. The summed E-state index contributed by atoms with van der Waals surface area (Å²) in [5.74, 6) is 1.21. The number of likely N-dealkylation sites (tertiary alicyclic amines) is 1. The number of amides is 1. The molecule has 2 aliphatic rings. The predicted molar refractivity (Wildman–Crippen MR) is 106 cm³/mol. The summed E-state index contributed by atoms with van der Waals surface area (Å²) in [6.45, 7) is 4.17. The topological polar surface area (TPSA) is 32.8 Å². The van der Waals surface area contributed by atoms with Gasteiger partial charge in [-0.25, -0.2) is 0 Å². The minimum absolute atomic E-state index is 0.128. The number of hydrogen-bond acceptors (Lipinski definition) is 3. The van der Waals surface area contributed by atoms with Crippen LogP contribution in [0.2, 0.25) is 0 Å². The van der Waals surface area contributed by atoms with Crippen molar-refractivity contribution in [2.45, 2.75) is 69.9 Å². The smallest absolute Gasteiger partial charge is 0.223 e. The van der Waals surface area contributed by atoms with Crippen LogP contribution in [0.3, 0.4) is 0 Å². The average Bonchev–Trinajstić information content (AvgIpc) is 3.05. The number of benzene rings is 1. The third-order valence-corrected chi connectivity index (χ3v) is 6.58. The van der Waals surface area contributed by atoms with E-state index < -0.39 is 0 Å². The summed E-state index contributed by atoms with van der Waals surface area (Å²) in [6.07, 6.45) is 8.82. The third-order valence-electron chi connectivity index (χ3n) is 6.58. The van der Waals surface area contributed by atoms with Gasteiger partial charge in [0.2, 0.25) is 5.91 Å². The average molecular weight is 359 g/mol. The molecule has 1 spiro atoms. The summed E-state index contributed by atoms with van der Waals surface area (Å²) in [6, 6.07) is 8.61. The predicted octanol–water partition coefficient (Wildman–Crippen LogP) is 3.88. The van der Waals surface area contributed by atoms with Crippen molar-refractivity contribution in [3.05, 3.63) is 29.8 Å². The number of carbonyl (C=O) groups excluding carboxylic acids is 1. The van der Waals surface area contributed by atoms with Gasteiger partial charge >= 0.3 is 0 Å². The number of likely N-dealkylation sites (N-methyl/N-ethyl adjacent to an activating group) is 1. The maximum atomic E-state index is 13.2. The molecule has 0 N–H and O–H groups in total. The molecule has 4 nitrogen and oxygen atoms in total. The standard InChI is InChI=1S/C22H34N2O2/c1-4-23(2)19-16-22(14-6-5-7-15-22)24(17-19)21(25)13-10-18-8-11-20(26-3)12-9-18/h8-9,11-12,19H,4-7,10,13-17H2,1-3H3/t19-/m1/s1. The molecule has 0 unspecified atom stereocenters. The van der Waals surface area contributed by atoms with Crippen LogP contribution in [0.25, 0.3) is 0 Å². The number of methoxy groups -OCH3 is 1. The zero-order valence-electron chi connectivity index (χ0n) is 16.7. The first kappa shape index (κ1) is 19.2. The van der Waals surface area contributed by atoms with Crippen LogP contribution in [0.4, 0.5) is 0 Å². The minimum Gasteiger partial charge on any atom is -0.497 e. The molecular formula is C22H34N2O2. The summed E-state index contributed by atoms with van der Waals surface area (Å²) in [4.78, 5) is 17.8. The van der Waals surface area contributed by atoms with Crippen LogP contribution < -0.4 is 4.74 Å². The Balaban J connectivity index is 1.66. The molecule has 0 radical (unpaired) electrons. The summed E-state index contributed by atoms with van der Waals surface area (Å²) >= 11 is 0. The SMILES string of the molecule is CCN(C)[C@H]1CN(C(=O)CCc2ccc(OC)cc2)C2(CCCCC2)C1. The maximum Gasteiger partial charge on any atom is 0.223 e. The van der Waals surface area contributed by atoms with E-state index in [0.717, 1.165) is 31.7 Å². The quantitative estimate of drug-likeness (QED) is 0.773. The Hall–Kier alpha value is -1.55. The lowest BCUT2D eigenvalue weighted by Crippen LogP contribution is -2.48. The van der Waals surface area contributed by atoms with E-state index in [9.17, 15) is 4.79 Å². The van der Waals surface area contributed by atoms with E-state index in [1.54, 1.807) is 7.11 Å². The fourth-order valence-corrected chi connectivity index (χ4v) is 4.80. The molecule has 1 saturated carbocycles. The number of ether oxygens (including phenoxy) is 1. The molecule has 2 fully saturated rings. The summed E-state index contributed by atoms with van der Waals surface area (Å²) in [5, 5.41) is 0. The molecule has 3 rings (SSSR count). The van der Waals surface area contributed by atoms with Crippen LogP contribution in [-0.2, 0) is 11.2 Å². The molecule has 0 bridgehead atoms. The first-order valence-electron chi connectivity index (χ1n) is 10.2. The fraction of sp³-hybridized carbons (Fsp3) is 0.682. The van der Waals surface area contributed by atoms with Gasteiger partial charge in [-0.1, -0.05) is 38.3 Å². The number of aryl methyl sites for hydroxylation is 1. The van der Waals surface area contributed by atoms with Crippen molar-refractivity contribution in [1.29, 1.82) is 0 Å². The molecule has 1 aromatic carbocycles. The summed E-state index contributed by atoms with van der Waals surface area (Å²) in [7, 11) is 3.88. The van der Waals surface area contributed by atoms with Gasteiger partial charge in [0.1, 0.15) is 5.75 Å². The zero-order valence-corrected chi connectivity index (χ0v) is 16.7. The van der Waals surface area contributed by atoms with E-state index in [1.807, 2.05) is 12.1 Å². The lowest BCUT2D eigenvalue weighted by molar-refractivity contribution is -0.136. The van der Waals surface area contributed by atoms with Gasteiger partial charge in [-0.15, -0.1) is 0 Å². The molecule has 1 aliphatic heterocycles. The minimum atomic E-state index is 0.128. The highest BCUT2D eigenvalue weighted by atomic mass is 16.5. The van der Waals surface area contributed by atoms with Gasteiger partial charge in [0.05, 0.1) is 7.11 Å². The van der Waals surface area contributed by atoms with Gasteiger partial charge < -0.3 is 14.5 Å². The Bertz CT molecular complexity index is 593. The Morgan fingerprint density at radius 2 is 1.92 bits per heavy atom. The Morgan fingerprint density at radius 3 is 2.54 bits per heavy atom. The zero-order chi connectivity index (χ0) is 18.6. The number of hydrogen-bond donors (Lipinski definition) is 0. The molecule has 144 valence electrons. The van der Waals surface area contributed by atoms with Gasteiger partial charge in [0.15, 0.2) is 0 Å². The van der Waals surface area contributed by atoms with Gasteiger partial charge in [0.25, 0.3) is 0 Å². The van der Waals surface area contributed by atoms with E-state index in [0.29, 0.717) is 18.4 Å². The molecule has 1 atom stereocenters. The van der Waals surface area contributed by atoms with Crippen LogP contribution in [0.1, 0.15) is 57.4 Å². The lowest BCUT2D eigenvalue weighted by atomic mass is 9.79. The van der Waals surface area contributed by atoms with Gasteiger partial charge in [-0.3, -0.25) is 4.79 Å². The lowest BCUT2D eigenvalue weighted by Gasteiger charge is -2.41. The second kappa shape index (κ2) is 8.43. The number of nitrogens with zero attached hydrogens (tertiary/aromatic N) is 2. The molecular weight excluding hydrogens is 324 g/mol. The Labute approximate surface area is 158 Å². The van der Waals surface area contributed by atoms with Crippen molar-refractivity contribution in [2.75, 3.05) is 27.2 Å². The van der Waals surface area contributed by atoms with Crippen LogP contribution in [0.15, 0.2) is 24.3 Å². The second-order valence-electron chi connectivity index (χ2n) is 8.07. The molecule has 1 saturated heterocycles. The molecule has 26 heavy (non-hydrogen) atoms. The monoisotopic (exact) mass is 358 g/mol. The van der Waals surface area contributed by atoms with Gasteiger partial charge in [0, 0.05) is 24.5 Å². The first-order chi connectivity index (χ1) is 12.6. The van der Waals surface area contributed by atoms with E-state index in [1.165, 1.54) is 37.7 Å². The number of carbonyl (C=O) groups is 1. The highest BCUT2D eigenvalue weighted by molar-refractivity contribution is 5.78. The summed E-state index contributed by atoms with van der Waals surface area (Å²) < 4.78 is 5.22. The molecule has 4 heteroatoms. The van der Waals surface area contributed by atoms with E-state index in [-0.39, 0.29) is 5.54 Å². The fourth-order valence-electron chi connectivity index (χ4n) is 4.80. The van der Waals surface area contributed by atoms with Crippen LogP contribution in [-0.4, -0.2) is 54.5 Å². The second-order valence-corrected chi connectivity index (χ2v) is 8.07. The van der Waals surface area contributed by atoms with Crippen molar-refractivity contribution in [3.8, 4) is 5.75 Å². The van der Waals surface area contributed by atoms with Gasteiger partial charge in [-0.05, 0) is 57.0 Å². The van der Waals surface area contributed by atoms with Crippen molar-refractivity contribution in [1.82, 2.24) is 9.80 Å². The van der Waals surface area contributed by atoms with Crippen molar-refractivity contribution >= 4 is 5.91 Å². The van der Waals surface area contributed by atoms with Crippen LogP contribution in [0.5, 0.6) is 5.75 Å². The molecule has 0 aromatic heterocycles.